The molecule has 0 aliphatic carbocycles. The second-order valence-electron chi connectivity index (χ2n) is 4.89. The van der Waals surface area contributed by atoms with Crippen molar-refractivity contribution >= 4 is 5.69 Å². The number of aromatic nitrogens is 1. The molecule has 0 bridgehead atoms. The van der Waals surface area contributed by atoms with Gasteiger partial charge in [-0.1, -0.05) is 0 Å². The van der Waals surface area contributed by atoms with E-state index in [0.717, 1.165) is 31.5 Å². The number of nitrogens with two attached hydrogens (primary N) is 1. The molecule has 94 valence electrons. The third-order valence-electron chi connectivity index (χ3n) is 3.59. The summed E-state index contributed by atoms with van der Waals surface area (Å²) in [6.45, 7) is 4.68. The molecule has 1 aromatic rings. The van der Waals surface area contributed by atoms with Crippen LogP contribution in [0.2, 0.25) is 0 Å². The number of piperidine rings is 1. The van der Waals surface area contributed by atoms with Crippen molar-refractivity contribution < 1.29 is 4.74 Å². The Bertz CT molecular complexity index is 383. The van der Waals surface area contributed by atoms with Crippen LogP contribution >= 0.6 is 0 Å². The van der Waals surface area contributed by atoms with E-state index in [1.165, 1.54) is 5.69 Å². The van der Waals surface area contributed by atoms with Crippen molar-refractivity contribution in [3.63, 3.8) is 0 Å². The zero-order chi connectivity index (χ0) is 12.3. The van der Waals surface area contributed by atoms with Crippen LogP contribution in [0.25, 0.3) is 0 Å². The van der Waals surface area contributed by atoms with Crippen molar-refractivity contribution in [2.75, 3.05) is 25.1 Å². The maximum absolute atomic E-state index is 5.76. The van der Waals surface area contributed by atoms with Crippen molar-refractivity contribution in [2.45, 2.75) is 31.9 Å². The molecule has 4 nitrogen and oxygen atoms in total. The Morgan fingerprint density at radius 1 is 1.59 bits per heavy atom. The van der Waals surface area contributed by atoms with Gasteiger partial charge in [-0.2, -0.15) is 0 Å². The Kier molecular flexibility index (Phi) is 3.64. The quantitative estimate of drug-likeness (QED) is 0.863. The van der Waals surface area contributed by atoms with Crippen molar-refractivity contribution in [3.05, 3.63) is 24.0 Å². The Morgan fingerprint density at radius 3 is 3.12 bits per heavy atom. The highest BCUT2D eigenvalue weighted by molar-refractivity contribution is 5.52. The Morgan fingerprint density at radius 2 is 2.41 bits per heavy atom. The number of methoxy groups -OCH3 is 1. The van der Waals surface area contributed by atoms with Crippen LogP contribution in [0.5, 0.6) is 0 Å². The molecule has 1 unspecified atom stereocenters. The second kappa shape index (κ2) is 5.02. The molecule has 2 rings (SSSR count). The lowest BCUT2D eigenvalue weighted by Gasteiger charge is -2.41. The highest BCUT2D eigenvalue weighted by atomic mass is 16.5. The van der Waals surface area contributed by atoms with Gasteiger partial charge in [0.2, 0.25) is 0 Å². The van der Waals surface area contributed by atoms with Crippen LogP contribution in [0.15, 0.2) is 18.5 Å². The van der Waals surface area contributed by atoms with E-state index in [0.29, 0.717) is 6.54 Å². The highest BCUT2D eigenvalue weighted by Gasteiger charge is 2.31. The van der Waals surface area contributed by atoms with E-state index < -0.39 is 0 Å². The van der Waals surface area contributed by atoms with E-state index in [-0.39, 0.29) is 5.60 Å². The van der Waals surface area contributed by atoms with Crippen molar-refractivity contribution in [1.29, 1.82) is 0 Å². The molecule has 1 atom stereocenters. The monoisotopic (exact) mass is 235 g/mol. The molecule has 17 heavy (non-hydrogen) atoms. The number of ether oxygens (including phenoxy) is 1. The summed E-state index contributed by atoms with van der Waals surface area (Å²) in [5.41, 5.74) is 8.02. The fourth-order valence-electron chi connectivity index (χ4n) is 2.46. The minimum absolute atomic E-state index is 0.0482. The highest BCUT2D eigenvalue weighted by Crippen LogP contribution is 2.29. The summed E-state index contributed by atoms with van der Waals surface area (Å²) < 4.78 is 5.62. The Labute approximate surface area is 103 Å². The predicted octanol–water partition coefficient (Wildman–Crippen LogP) is 1.55. The molecule has 1 aliphatic rings. The topological polar surface area (TPSA) is 51.4 Å². The Hall–Kier alpha value is -1.13. The van der Waals surface area contributed by atoms with Crippen LogP contribution in [0, 0.1) is 0 Å². The van der Waals surface area contributed by atoms with Crippen LogP contribution in [-0.2, 0) is 11.3 Å². The molecular formula is C13H21N3O. The molecular weight excluding hydrogens is 214 g/mol. The number of hydrogen-bond donors (Lipinski definition) is 1. The largest absolute Gasteiger partial charge is 0.377 e. The maximum Gasteiger partial charge on any atom is 0.0825 e. The van der Waals surface area contributed by atoms with Crippen LogP contribution in [0.3, 0.4) is 0 Å². The van der Waals surface area contributed by atoms with Gasteiger partial charge >= 0.3 is 0 Å². The molecule has 0 amide bonds. The second-order valence-corrected chi connectivity index (χ2v) is 4.89. The van der Waals surface area contributed by atoms with Gasteiger partial charge in [0.1, 0.15) is 0 Å². The molecule has 1 fully saturated rings. The molecule has 2 N–H and O–H groups in total. The van der Waals surface area contributed by atoms with E-state index >= 15 is 0 Å². The van der Waals surface area contributed by atoms with Crippen LogP contribution in [0.4, 0.5) is 5.69 Å². The van der Waals surface area contributed by atoms with Gasteiger partial charge in [0, 0.05) is 50.4 Å². The average Bonchev–Trinajstić information content (AvgIpc) is 2.39. The number of nitrogens with zero attached hydrogens (tertiary/aromatic N) is 2. The molecule has 1 saturated heterocycles. The fraction of sp³-hybridized carbons (Fsp3) is 0.615. The third-order valence-corrected chi connectivity index (χ3v) is 3.59. The van der Waals surface area contributed by atoms with Gasteiger partial charge in [0.25, 0.3) is 0 Å². The summed E-state index contributed by atoms with van der Waals surface area (Å²) in [5.74, 6) is 0. The summed E-state index contributed by atoms with van der Waals surface area (Å²) in [6, 6.07) is 2.05. The van der Waals surface area contributed by atoms with E-state index in [1.807, 2.05) is 18.5 Å². The molecule has 0 radical (unpaired) electrons. The first-order valence-electron chi connectivity index (χ1n) is 6.11. The van der Waals surface area contributed by atoms with Crippen molar-refractivity contribution in [2.24, 2.45) is 5.73 Å². The van der Waals surface area contributed by atoms with Gasteiger partial charge in [-0.3, -0.25) is 4.98 Å². The van der Waals surface area contributed by atoms with E-state index in [4.69, 9.17) is 10.5 Å². The van der Waals surface area contributed by atoms with Crippen LogP contribution < -0.4 is 10.6 Å². The van der Waals surface area contributed by atoms with Crippen molar-refractivity contribution in [1.82, 2.24) is 4.98 Å². The lowest BCUT2D eigenvalue weighted by Crippen LogP contribution is -2.47. The number of pyridine rings is 1. The number of hydrogen-bond acceptors (Lipinski definition) is 4. The SMILES string of the molecule is COC1(C)CCCN(c2ccncc2CN)C1. The lowest BCUT2D eigenvalue weighted by molar-refractivity contribution is -0.00468. The standard InChI is InChI=1S/C13H21N3O/c1-13(17-2)5-3-7-16(10-13)12-4-6-15-9-11(12)8-14/h4,6,9H,3,5,7-8,10,14H2,1-2H3. The molecule has 1 aliphatic heterocycles. The lowest BCUT2D eigenvalue weighted by atomic mass is 9.94. The first-order chi connectivity index (χ1) is 8.18. The van der Waals surface area contributed by atoms with Gasteiger partial charge in [0.15, 0.2) is 0 Å². The first kappa shape index (κ1) is 12.3. The average molecular weight is 235 g/mol. The minimum atomic E-state index is -0.0482. The van der Waals surface area contributed by atoms with Gasteiger partial charge in [-0.25, -0.2) is 0 Å². The smallest absolute Gasteiger partial charge is 0.0825 e. The fourth-order valence-corrected chi connectivity index (χ4v) is 2.46. The molecule has 0 spiro atoms. The van der Waals surface area contributed by atoms with Gasteiger partial charge < -0.3 is 15.4 Å². The van der Waals surface area contributed by atoms with Gasteiger partial charge in [0.05, 0.1) is 5.60 Å². The molecule has 1 aromatic heterocycles. The van der Waals surface area contributed by atoms with Gasteiger partial charge in [-0.05, 0) is 25.8 Å². The minimum Gasteiger partial charge on any atom is -0.377 e. The molecule has 0 saturated carbocycles. The Balaban J connectivity index is 2.22. The molecule has 0 aromatic carbocycles. The van der Waals surface area contributed by atoms with E-state index in [2.05, 4.69) is 16.8 Å². The number of rotatable bonds is 3. The molecule has 2 heterocycles. The predicted molar refractivity (Wildman–Crippen MR) is 69.0 cm³/mol. The van der Waals surface area contributed by atoms with E-state index in [9.17, 15) is 0 Å². The summed E-state index contributed by atoms with van der Waals surface area (Å²) >= 11 is 0. The number of anilines is 1. The third kappa shape index (κ3) is 2.58. The maximum atomic E-state index is 5.76. The summed E-state index contributed by atoms with van der Waals surface area (Å²) in [5, 5.41) is 0. The first-order valence-corrected chi connectivity index (χ1v) is 6.11. The summed E-state index contributed by atoms with van der Waals surface area (Å²) in [6.07, 6.45) is 5.95. The normalized spacial score (nSPS) is 25.0. The zero-order valence-electron chi connectivity index (χ0n) is 10.6. The molecule has 4 heteroatoms. The van der Waals surface area contributed by atoms with E-state index in [1.54, 1.807) is 7.11 Å². The summed E-state index contributed by atoms with van der Waals surface area (Å²) in [7, 11) is 1.79. The summed E-state index contributed by atoms with van der Waals surface area (Å²) in [4.78, 5) is 6.49. The van der Waals surface area contributed by atoms with Crippen LogP contribution in [-0.4, -0.2) is 30.8 Å². The zero-order valence-corrected chi connectivity index (χ0v) is 10.6. The van der Waals surface area contributed by atoms with Crippen molar-refractivity contribution in [3.8, 4) is 0 Å². The van der Waals surface area contributed by atoms with Gasteiger partial charge in [-0.15, -0.1) is 0 Å². The van der Waals surface area contributed by atoms with Crippen LogP contribution in [0.1, 0.15) is 25.3 Å².